The van der Waals surface area contributed by atoms with Crippen LogP contribution in [0.2, 0.25) is 0 Å². The van der Waals surface area contributed by atoms with Crippen LogP contribution in [0.3, 0.4) is 0 Å². The average Bonchev–Trinajstić information content (AvgIpc) is 2.04. The Balaban J connectivity index is 3.04. The molecule has 0 saturated heterocycles. The van der Waals surface area contributed by atoms with Crippen molar-refractivity contribution in [3.8, 4) is 0 Å². The molecule has 2 nitrogen and oxygen atoms in total. The SMILES string of the molecule is CN/N=C/c1c(F)cccc1Br. The molecule has 0 aliphatic heterocycles. The van der Waals surface area contributed by atoms with Crippen LogP contribution in [0.1, 0.15) is 5.56 Å². The first kappa shape index (κ1) is 9.19. The molecule has 0 aliphatic rings. The summed E-state index contributed by atoms with van der Waals surface area (Å²) in [7, 11) is 1.66. The summed E-state index contributed by atoms with van der Waals surface area (Å²) in [5.41, 5.74) is 3.00. The minimum absolute atomic E-state index is 0.289. The summed E-state index contributed by atoms with van der Waals surface area (Å²) < 4.78 is 13.7. The Hall–Kier alpha value is -0.900. The Morgan fingerprint density at radius 1 is 1.58 bits per heavy atom. The fraction of sp³-hybridized carbons (Fsp3) is 0.125. The van der Waals surface area contributed by atoms with Gasteiger partial charge in [0.25, 0.3) is 0 Å². The van der Waals surface area contributed by atoms with Crippen molar-refractivity contribution in [1.82, 2.24) is 5.43 Å². The molecule has 0 heterocycles. The van der Waals surface area contributed by atoms with Crippen LogP contribution in [0.4, 0.5) is 4.39 Å². The van der Waals surface area contributed by atoms with Crippen molar-refractivity contribution in [2.75, 3.05) is 7.05 Å². The van der Waals surface area contributed by atoms with Crippen LogP contribution in [-0.2, 0) is 0 Å². The number of benzene rings is 1. The highest BCUT2D eigenvalue weighted by Gasteiger charge is 2.01. The van der Waals surface area contributed by atoms with Crippen LogP contribution >= 0.6 is 15.9 Å². The average molecular weight is 231 g/mol. The van der Waals surface area contributed by atoms with E-state index in [9.17, 15) is 4.39 Å². The van der Waals surface area contributed by atoms with E-state index in [0.29, 0.717) is 10.0 Å². The zero-order valence-electron chi connectivity index (χ0n) is 6.51. The normalized spacial score (nSPS) is 10.6. The molecule has 12 heavy (non-hydrogen) atoms. The predicted molar refractivity (Wildman–Crippen MR) is 50.8 cm³/mol. The van der Waals surface area contributed by atoms with E-state index in [1.54, 1.807) is 19.2 Å². The topological polar surface area (TPSA) is 24.4 Å². The number of hydrazone groups is 1. The van der Waals surface area contributed by atoms with Crippen molar-refractivity contribution in [1.29, 1.82) is 0 Å². The maximum Gasteiger partial charge on any atom is 0.133 e. The van der Waals surface area contributed by atoms with Gasteiger partial charge in [-0.05, 0) is 12.1 Å². The minimum atomic E-state index is -0.289. The quantitative estimate of drug-likeness (QED) is 0.612. The highest BCUT2D eigenvalue weighted by molar-refractivity contribution is 9.10. The van der Waals surface area contributed by atoms with Crippen LogP contribution in [0.25, 0.3) is 0 Å². The van der Waals surface area contributed by atoms with Gasteiger partial charge in [0, 0.05) is 17.1 Å². The van der Waals surface area contributed by atoms with Crippen LogP contribution < -0.4 is 5.43 Å². The summed E-state index contributed by atoms with van der Waals surface area (Å²) in [5, 5.41) is 3.72. The van der Waals surface area contributed by atoms with Gasteiger partial charge in [-0.1, -0.05) is 22.0 Å². The number of rotatable bonds is 2. The molecule has 1 rings (SSSR count). The second-order valence-electron chi connectivity index (χ2n) is 2.12. The zero-order valence-corrected chi connectivity index (χ0v) is 8.10. The van der Waals surface area contributed by atoms with Crippen molar-refractivity contribution in [2.45, 2.75) is 0 Å². The van der Waals surface area contributed by atoms with E-state index in [1.165, 1.54) is 12.3 Å². The third-order valence-corrected chi connectivity index (χ3v) is 2.01. The Morgan fingerprint density at radius 2 is 2.33 bits per heavy atom. The lowest BCUT2D eigenvalue weighted by atomic mass is 10.2. The van der Waals surface area contributed by atoms with E-state index >= 15 is 0 Å². The van der Waals surface area contributed by atoms with Crippen molar-refractivity contribution in [3.05, 3.63) is 34.1 Å². The van der Waals surface area contributed by atoms with Gasteiger partial charge in [-0.15, -0.1) is 0 Å². The van der Waals surface area contributed by atoms with Crippen molar-refractivity contribution in [2.24, 2.45) is 5.10 Å². The largest absolute Gasteiger partial charge is 0.313 e. The maximum absolute atomic E-state index is 13.0. The molecule has 0 unspecified atom stereocenters. The summed E-state index contributed by atoms with van der Waals surface area (Å²) in [6.45, 7) is 0. The minimum Gasteiger partial charge on any atom is -0.313 e. The molecule has 0 atom stereocenters. The standard InChI is InChI=1S/C8H8BrFN2/c1-11-12-5-6-7(9)3-2-4-8(6)10/h2-5,11H,1H3/b12-5+. The molecule has 0 saturated carbocycles. The van der Waals surface area contributed by atoms with E-state index in [4.69, 9.17) is 0 Å². The van der Waals surface area contributed by atoms with Gasteiger partial charge in [0.05, 0.1) is 6.21 Å². The number of nitrogens with one attached hydrogen (secondary N) is 1. The smallest absolute Gasteiger partial charge is 0.133 e. The maximum atomic E-state index is 13.0. The first-order chi connectivity index (χ1) is 5.75. The van der Waals surface area contributed by atoms with Crippen molar-refractivity contribution >= 4 is 22.1 Å². The van der Waals surface area contributed by atoms with Gasteiger partial charge in [0.1, 0.15) is 5.82 Å². The third-order valence-electron chi connectivity index (χ3n) is 1.32. The monoisotopic (exact) mass is 230 g/mol. The van der Waals surface area contributed by atoms with Gasteiger partial charge in [0.15, 0.2) is 0 Å². The first-order valence-electron chi connectivity index (χ1n) is 3.39. The lowest BCUT2D eigenvalue weighted by Crippen LogP contribution is -1.97. The number of hydrogen-bond acceptors (Lipinski definition) is 2. The van der Waals surface area contributed by atoms with Gasteiger partial charge in [0.2, 0.25) is 0 Å². The summed E-state index contributed by atoms with van der Waals surface area (Å²) in [4.78, 5) is 0. The fourth-order valence-electron chi connectivity index (χ4n) is 0.763. The zero-order chi connectivity index (χ0) is 8.97. The van der Waals surface area contributed by atoms with Crippen LogP contribution in [0.5, 0.6) is 0 Å². The molecule has 0 aliphatic carbocycles. The third kappa shape index (κ3) is 2.04. The molecule has 1 aromatic carbocycles. The van der Waals surface area contributed by atoms with E-state index in [2.05, 4.69) is 26.5 Å². The van der Waals surface area contributed by atoms with E-state index in [-0.39, 0.29) is 5.82 Å². The highest BCUT2D eigenvalue weighted by Crippen LogP contribution is 2.17. The molecule has 0 amide bonds. The molecular weight excluding hydrogens is 223 g/mol. The predicted octanol–water partition coefficient (Wildman–Crippen LogP) is 2.14. The molecule has 64 valence electrons. The molecule has 0 spiro atoms. The van der Waals surface area contributed by atoms with E-state index in [1.807, 2.05) is 0 Å². The molecule has 0 aromatic heterocycles. The van der Waals surface area contributed by atoms with Gasteiger partial charge in [-0.25, -0.2) is 4.39 Å². The van der Waals surface area contributed by atoms with Gasteiger partial charge >= 0.3 is 0 Å². The number of hydrogen-bond donors (Lipinski definition) is 1. The lowest BCUT2D eigenvalue weighted by molar-refractivity contribution is 0.624. The number of nitrogens with zero attached hydrogens (tertiary/aromatic N) is 1. The summed E-state index contributed by atoms with van der Waals surface area (Å²) in [6, 6.07) is 4.79. The van der Waals surface area contributed by atoms with E-state index < -0.39 is 0 Å². The highest BCUT2D eigenvalue weighted by atomic mass is 79.9. The second-order valence-corrected chi connectivity index (χ2v) is 2.97. The molecule has 0 radical (unpaired) electrons. The molecule has 0 fully saturated rings. The van der Waals surface area contributed by atoms with Gasteiger partial charge in [-0.3, -0.25) is 0 Å². The Kier molecular flexibility index (Phi) is 3.22. The van der Waals surface area contributed by atoms with Crippen molar-refractivity contribution < 1.29 is 4.39 Å². The Morgan fingerprint density at radius 3 is 2.92 bits per heavy atom. The number of halogens is 2. The Bertz CT molecular complexity index is 279. The van der Waals surface area contributed by atoms with Crippen LogP contribution in [0, 0.1) is 5.82 Å². The van der Waals surface area contributed by atoms with Gasteiger partial charge < -0.3 is 5.43 Å². The van der Waals surface area contributed by atoms with Crippen molar-refractivity contribution in [3.63, 3.8) is 0 Å². The first-order valence-corrected chi connectivity index (χ1v) is 4.19. The van der Waals surface area contributed by atoms with Crippen LogP contribution in [0.15, 0.2) is 27.8 Å². The fourth-order valence-corrected chi connectivity index (χ4v) is 1.21. The summed E-state index contributed by atoms with van der Waals surface area (Å²) >= 11 is 3.22. The van der Waals surface area contributed by atoms with Gasteiger partial charge in [-0.2, -0.15) is 5.10 Å². The summed E-state index contributed by atoms with van der Waals surface area (Å²) in [5.74, 6) is -0.289. The molecule has 1 aromatic rings. The lowest BCUT2D eigenvalue weighted by Gasteiger charge is -1.98. The molecular formula is C8H8BrFN2. The Labute approximate surface area is 78.6 Å². The molecule has 0 bridgehead atoms. The van der Waals surface area contributed by atoms with Crippen LogP contribution in [-0.4, -0.2) is 13.3 Å². The second kappa shape index (κ2) is 4.21. The molecule has 4 heteroatoms. The summed E-state index contributed by atoms with van der Waals surface area (Å²) in [6.07, 6.45) is 1.43. The van der Waals surface area contributed by atoms with E-state index in [0.717, 1.165) is 0 Å². The molecule has 1 N–H and O–H groups in total.